The molecule has 0 aliphatic carbocycles. The van der Waals surface area contributed by atoms with E-state index in [2.05, 4.69) is 4.42 Å². The van der Waals surface area contributed by atoms with Crippen LogP contribution in [0.5, 0.6) is 0 Å². The van der Waals surface area contributed by atoms with Crippen molar-refractivity contribution in [1.29, 1.82) is 0 Å². The standard InChI is InChI=1S/C7H9NO5S/c1-8(2)14(11,12)6-3-5(4-13-6)7(9)10/h3-4H,1-2H3,(H,9,10). The molecule has 0 saturated heterocycles. The average Bonchev–Trinajstić information content (AvgIpc) is 2.51. The van der Waals surface area contributed by atoms with Crippen LogP contribution in [0, 0.1) is 0 Å². The summed E-state index contributed by atoms with van der Waals surface area (Å²) in [4.78, 5) is 10.4. The van der Waals surface area contributed by atoms with Gasteiger partial charge in [-0.25, -0.2) is 17.5 Å². The Morgan fingerprint density at radius 1 is 1.50 bits per heavy atom. The molecule has 1 heterocycles. The van der Waals surface area contributed by atoms with Crippen molar-refractivity contribution in [2.75, 3.05) is 14.1 Å². The fraction of sp³-hybridized carbons (Fsp3) is 0.286. The van der Waals surface area contributed by atoms with Gasteiger partial charge in [-0.05, 0) is 0 Å². The molecule has 0 aliphatic heterocycles. The van der Waals surface area contributed by atoms with E-state index in [9.17, 15) is 13.2 Å². The quantitative estimate of drug-likeness (QED) is 0.786. The number of rotatable bonds is 3. The van der Waals surface area contributed by atoms with Crippen molar-refractivity contribution in [2.24, 2.45) is 0 Å². The monoisotopic (exact) mass is 219 g/mol. The topological polar surface area (TPSA) is 87.8 Å². The number of hydrogen-bond acceptors (Lipinski definition) is 4. The summed E-state index contributed by atoms with van der Waals surface area (Å²) in [6, 6.07) is 0.970. The Bertz CT molecular complexity index is 444. The van der Waals surface area contributed by atoms with Crippen LogP contribution in [0.1, 0.15) is 10.4 Å². The fourth-order valence-corrected chi connectivity index (χ4v) is 1.55. The van der Waals surface area contributed by atoms with Gasteiger partial charge in [-0.2, -0.15) is 0 Å². The minimum Gasteiger partial charge on any atom is -0.478 e. The van der Waals surface area contributed by atoms with Crippen molar-refractivity contribution in [1.82, 2.24) is 4.31 Å². The highest BCUT2D eigenvalue weighted by Crippen LogP contribution is 2.16. The molecular weight excluding hydrogens is 210 g/mol. The predicted octanol–water partition coefficient (Wildman–Crippen LogP) is 0.228. The van der Waals surface area contributed by atoms with Crippen LogP contribution in [0.15, 0.2) is 21.8 Å². The zero-order chi connectivity index (χ0) is 10.9. The van der Waals surface area contributed by atoms with Crippen molar-refractivity contribution in [3.63, 3.8) is 0 Å². The SMILES string of the molecule is CN(C)S(=O)(=O)c1cc(C(=O)O)co1. The van der Waals surface area contributed by atoms with Crippen LogP contribution < -0.4 is 0 Å². The molecule has 0 bridgehead atoms. The minimum absolute atomic E-state index is 0.189. The van der Waals surface area contributed by atoms with Gasteiger partial charge in [0.15, 0.2) is 0 Å². The number of furan rings is 1. The minimum atomic E-state index is -3.69. The van der Waals surface area contributed by atoms with E-state index in [1.54, 1.807) is 0 Å². The zero-order valence-corrected chi connectivity index (χ0v) is 8.41. The maximum Gasteiger partial charge on any atom is 0.339 e. The number of carbonyl (C=O) groups is 1. The molecule has 0 atom stereocenters. The number of carboxylic acids is 1. The molecule has 1 aromatic heterocycles. The van der Waals surface area contributed by atoms with Crippen LogP contribution in [0.3, 0.4) is 0 Å². The van der Waals surface area contributed by atoms with Crippen LogP contribution in [0.25, 0.3) is 0 Å². The van der Waals surface area contributed by atoms with Crippen molar-refractivity contribution >= 4 is 16.0 Å². The van der Waals surface area contributed by atoms with Crippen LogP contribution in [0.2, 0.25) is 0 Å². The smallest absolute Gasteiger partial charge is 0.339 e. The van der Waals surface area contributed by atoms with Gasteiger partial charge in [-0.1, -0.05) is 0 Å². The van der Waals surface area contributed by atoms with E-state index in [1.807, 2.05) is 0 Å². The van der Waals surface area contributed by atoms with Crippen molar-refractivity contribution < 1.29 is 22.7 Å². The molecule has 78 valence electrons. The summed E-state index contributed by atoms with van der Waals surface area (Å²) in [7, 11) is -1.02. The van der Waals surface area contributed by atoms with E-state index in [4.69, 9.17) is 5.11 Å². The van der Waals surface area contributed by atoms with Crippen LogP contribution in [-0.2, 0) is 10.0 Å². The summed E-state index contributed by atoms with van der Waals surface area (Å²) in [5, 5.41) is 8.16. The second-order valence-corrected chi connectivity index (χ2v) is 4.83. The summed E-state index contributed by atoms with van der Waals surface area (Å²) in [5.74, 6) is -1.23. The van der Waals surface area contributed by atoms with Gasteiger partial charge in [0, 0.05) is 20.2 Å². The molecule has 0 amide bonds. The maximum atomic E-state index is 11.4. The van der Waals surface area contributed by atoms with Gasteiger partial charge in [-0.15, -0.1) is 0 Å². The molecule has 14 heavy (non-hydrogen) atoms. The van der Waals surface area contributed by atoms with Crippen molar-refractivity contribution in [2.45, 2.75) is 5.09 Å². The normalized spacial score (nSPS) is 11.9. The molecule has 0 unspecified atom stereocenters. The van der Waals surface area contributed by atoms with Gasteiger partial charge in [0.25, 0.3) is 10.0 Å². The third-order valence-electron chi connectivity index (χ3n) is 1.56. The average molecular weight is 219 g/mol. The lowest BCUT2D eigenvalue weighted by atomic mass is 10.4. The largest absolute Gasteiger partial charge is 0.478 e. The molecule has 1 rings (SSSR count). The first-order valence-corrected chi connectivity index (χ1v) is 5.04. The van der Waals surface area contributed by atoms with Crippen LogP contribution >= 0.6 is 0 Å². The Balaban J connectivity index is 3.16. The number of carboxylic acid groups (broad SMARTS) is 1. The van der Waals surface area contributed by atoms with Gasteiger partial charge in [0.05, 0.1) is 5.56 Å². The van der Waals surface area contributed by atoms with Crippen LogP contribution in [-0.4, -0.2) is 37.9 Å². The molecule has 0 aromatic carbocycles. The molecule has 6 nitrogen and oxygen atoms in total. The van der Waals surface area contributed by atoms with Crippen molar-refractivity contribution in [3.05, 3.63) is 17.9 Å². The second-order valence-electron chi connectivity index (χ2n) is 2.75. The molecule has 0 spiro atoms. The van der Waals surface area contributed by atoms with Crippen LogP contribution in [0.4, 0.5) is 0 Å². The molecule has 0 saturated carbocycles. The first kappa shape index (κ1) is 10.7. The Hall–Kier alpha value is -1.34. The Morgan fingerprint density at radius 3 is 2.43 bits per heavy atom. The summed E-state index contributed by atoms with van der Waals surface area (Å²) in [6.45, 7) is 0. The number of sulfonamides is 1. The van der Waals surface area contributed by atoms with E-state index in [-0.39, 0.29) is 10.7 Å². The van der Waals surface area contributed by atoms with Gasteiger partial charge >= 0.3 is 5.97 Å². The maximum absolute atomic E-state index is 11.4. The lowest BCUT2D eigenvalue weighted by Gasteiger charge is -2.06. The lowest BCUT2D eigenvalue weighted by molar-refractivity contribution is 0.0696. The Morgan fingerprint density at radius 2 is 2.07 bits per heavy atom. The van der Waals surface area contributed by atoms with Gasteiger partial charge < -0.3 is 9.52 Å². The predicted molar refractivity (Wildman–Crippen MR) is 46.5 cm³/mol. The van der Waals surface area contributed by atoms with E-state index < -0.39 is 16.0 Å². The van der Waals surface area contributed by atoms with E-state index in [0.717, 1.165) is 16.6 Å². The highest BCUT2D eigenvalue weighted by molar-refractivity contribution is 7.88. The van der Waals surface area contributed by atoms with Gasteiger partial charge in [-0.3, -0.25) is 0 Å². The highest BCUT2D eigenvalue weighted by Gasteiger charge is 2.22. The number of nitrogens with zero attached hydrogens (tertiary/aromatic N) is 1. The fourth-order valence-electron chi connectivity index (χ4n) is 0.744. The summed E-state index contributed by atoms with van der Waals surface area (Å²) in [5.41, 5.74) is -0.189. The third kappa shape index (κ3) is 1.78. The first-order valence-electron chi connectivity index (χ1n) is 3.60. The molecule has 1 N–H and O–H groups in total. The van der Waals surface area contributed by atoms with Gasteiger partial charge in [0.1, 0.15) is 6.26 Å². The third-order valence-corrected chi connectivity index (χ3v) is 3.24. The lowest BCUT2D eigenvalue weighted by Crippen LogP contribution is -2.21. The Labute approximate surface area is 80.8 Å². The summed E-state index contributed by atoms with van der Waals surface area (Å²) < 4.78 is 28.4. The van der Waals surface area contributed by atoms with Gasteiger partial charge in [0.2, 0.25) is 5.09 Å². The summed E-state index contributed by atoms with van der Waals surface area (Å²) >= 11 is 0. The van der Waals surface area contributed by atoms with E-state index >= 15 is 0 Å². The van der Waals surface area contributed by atoms with E-state index in [0.29, 0.717) is 0 Å². The van der Waals surface area contributed by atoms with E-state index in [1.165, 1.54) is 14.1 Å². The second kappa shape index (κ2) is 3.43. The highest BCUT2D eigenvalue weighted by atomic mass is 32.2. The Kier molecular flexibility index (Phi) is 2.63. The van der Waals surface area contributed by atoms with Crippen molar-refractivity contribution in [3.8, 4) is 0 Å². The first-order chi connectivity index (χ1) is 6.35. The molecular formula is C7H9NO5S. The zero-order valence-electron chi connectivity index (χ0n) is 7.59. The summed E-state index contributed by atoms with van der Waals surface area (Å²) in [6.07, 6.45) is 0.888. The molecule has 0 aliphatic rings. The molecule has 1 aromatic rings. The molecule has 0 fully saturated rings. The molecule has 7 heteroatoms. The molecule has 0 radical (unpaired) electrons. The number of hydrogen-bond donors (Lipinski definition) is 1. The number of aromatic carboxylic acids is 1.